The molecule has 1 fully saturated rings. The number of carbonyl (C=O) groups excluding carboxylic acids is 2. The Kier molecular flexibility index (Phi) is 9.11. The van der Waals surface area contributed by atoms with Gasteiger partial charge in [0.25, 0.3) is 5.69 Å². The molecule has 9 nitrogen and oxygen atoms in total. The highest BCUT2D eigenvalue weighted by atomic mass is 16.6. The van der Waals surface area contributed by atoms with Crippen molar-refractivity contribution in [2.24, 2.45) is 4.99 Å². The smallest absolute Gasteiger partial charge is 0.269 e. The molecular formula is C34H37N5O4. The van der Waals surface area contributed by atoms with Crippen molar-refractivity contribution in [1.29, 1.82) is 0 Å². The highest BCUT2D eigenvalue weighted by Gasteiger charge is 2.39. The van der Waals surface area contributed by atoms with Crippen molar-refractivity contribution in [3.8, 4) is 0 Å². The summed E-state index contributed by atoms with van der Waals surface area (Å²) in [6, 6.07) is 27.2. The van der Waals surface area contributed by atoms with Crippen LogP contribution < -0.4 is 5.32 Å². The molecule has 2 amide bonds. The molecular weight excluding hydrogens is 542 g/mol. The standard InChI is InChI=1S/C34H37N5O4/c1-25-32(35-23-40)31(27-13-15-30(16-14-27)39(42)43)33(26(2)36-25)38(24-41)22-21-37-19-17-34(18-20-37,28-9-5-3-6-10-28)29-11-7-4-8-12-29/h3-16,23-24,31-32H,17-22H2,1-2H3,(H,35,40). The summed E-state index contributed by atoms with van der Waals surface area (Å²) in [7, 11) is 0. The number of piperidine rings is 1. The number of hydrogen-bond acceptors (Lipinski definition) is 6. The first-order valence-electron chi connectivity index (χ1n) is 14.6. The van der Waals surface area contributed by atoms with Crippen LogP contribution in [0.25, 0.3) is 0 Å². The number of likely N-dealkylation sites (tertiary alicyclic amines) is 1. The predicted molar refractivity (Wildman–Crippen MR) is 167 cm³/mol. The zero-order valence-electron chi connectivity index (χ0n) is 24.6. The van der Waals surface area contributed by atoms with Crippen LogP contribution in [-0.2, 0) is 15.0 Å². The zero-order valence-corrected chi connectivity index (χ0v) is 24.6. The minimum absolute atomic E-state index is 0.0217. The summed E-state index contributed by atoms with van der Waals surface area (Å²) in [6.07, 6.45) is 3.38. The van der Waals surface area contributed by atoms with Gasteiger partial charge in [-0.05, 0) is 56.5 Å². The third kappa shape index (κ3) is 6.12. The minimum atomic E-state index is -0.493. The Morgan fingerprint density at radius 3 is 2.05 bits per heavy atom. The van der Waals surface area contributed by atoms with Gasteiger partial charge in [0.05, 0.1) is 28.3 Å². The normalized spacial score (nSPS) is 20.2. The molecule has 222 valence electrons. The number of allylic oxidation sites excluding steroid dienone is 1. The Morgan fingerprint density at radius 1 is 0.953 bits per heavy atom. The molecule has 2 aliphatic rings. The van der Waals surface area contributed by atoms with E-state index in [2.05, 4.69) is 75.9 Å². The van der Waals surface area contributed by atoms with Crippen LogP contribution in [0.3, 0.4) is 0 Å². The molecule has 0 radical (unpaired) electrons. The van der Waals surface area contributed by atoms with Crippen LogP contribution in [-0.4, -0.2) is 65.5 Å². The lowest BCUT2D eigenvalue weighted by molar-refractivity contribution is -0.384. The summed E-state index contributed by atoms with van der Waals surface area (Å²) in [5.74, 6) is -0.432. The summed E-state index contributed by atoms with van der Waals surface area (Å²) in [5, 5.41) is 14.1. The number of aliphatic imine (C=N–C) groups is 1. The van der Waals surface area contributed by atoms with Gasteiger partial charge < -0.3 is 15.1 Å². The number of nitrogens with one attached hydrogen (secondary N) is 1. The maximum absolute atomic E-state index is 12.6. The molecule has 0 saturated carbocycles. The van der Waals surface area contributed by atoms with Gasteiger partial charge in [0.2, 0.25) is 12.8 Å². The summed E-state index contributed by atoms with van der Waals surface area (Å²) < 4.78 is 0. The van der Waals surface area contributed by atoms with Crippen LogP contribution >= 0.6 is 0 Å². The van der Waals surface area contributed by atoms with Gasteiger partial charge in [-0.1, -0.05) is 72.8 Å². The van der Waals surface area contributed by atoms with Crippen molar-refractivity contribution in [3.63, 3.8) is 0 Å². The number of carbonyl (C=O) groups is 2. The molecule has 9 heteroatoms. The van der Waals surface area contributed by atoms with E-state index in [1.165, 1.54) is 23.3 Å². The molecule has 2 atom stereocenters. The fourth-order valence-corrected chi connectivity index (χ4v) is 6.74. The Hall–Kier alpha value is -4.63. The molecule has 0 aromatic heterocycles. The number of amides is 2. The number of benzene rings is 3. The molecule has 1 N–H and O–H groups in total. The Bertz CT molecular complexity index is 1460. The van der Waals surface area contributed by atoms with Gasteiger partial charge in [-0.2, -0.15) is 0 Å². The Morgan fingerprint density at radius 2 is 1.53 bits per heavy atom. The second kappa shape index (κ2) is 13.1. The number of rotatable bonds is 11. The molecule has 5 rings (SSSR count). The van der Waals surface area contributed by atoms with Gasteiger partial charge in [0.1, 0.15) is 0 Å². The third-order valence-corrected chi connectivity index (χ3v) is 8.96. The quantitative estimate of drug-likeness (QED) is 0.195. The van der Waals surface area contributed by atoms with E-state index in [-0.39, 0.29) is 11.1 Å². The Labute approximate surface area is 252 Å². The van der Waals surface area contributed by atoms with Crippen molar-refractivity contribution in [3.05, 3.63) is 123 Å². The minimum Gasteiger partial charge on any atom is -0.350 e. The largest absolute Gasteiger partial charge is 0.350 e. The summed E-state index contributed by atoms with van der Waals surface area (Å²) in [4.78, 5) is 43.8. The third-order valence-electron chi connectivity index (χ3n) is 8.96. The zero-order chi connectivity index (χ0) is 30.4. The SMILES string of the molecule is CC1=NC(C)=C(N(C=O)CCN2CCC(c3ccccc3)(c3ccccc3)CC2)C(c2ccc([N+](=O)[O-])cc2)C1NC=O. The molecule has 2 heterocycles. The number of non-ortho nitro benzene ring substituents is 1. The van der Waals surface area contributed by atoms with E-state index < -0.39 is 16.9 Å². The first-order chi connectivity index (χ1) is 20.9. The van der Waals surface area contributed by atoms with Gasteiger partial charge in [0, 0.05) is 36.3 Å². The van der Waals surface area contributed by atoms with Gasteiger partial charge in [-0.15, -0.1) is 0 Å². The summed E-state index contributed by atoms with van der Waals surface area (Å²) >= 11 is 0. The topological polar surface area (TPSA) is 108 Å². The monoisotopic (exact) mass is 579 g/mol. The summed E-state index contributed by atoms with van der Waals surface area (Å²) in [5.41, 5.74) is 5.40. The second-order valence-electron chi connectivity index (χ2n) is 11.3. The lowest BCUT2D eigenvalue weighted by Gasteiger charge is -2.43. The van der Waals surface area contributed by atoms with E-state index >= 15 is 0 Å². The van der Waals surface area contributed by atoms with Crippen molar-refractivity contribution in [1.82, 2.24) is 15.1 Å². The van der Waals surface area contributed by atoms with Crippen molar-refractivity contribution in [2.45, 2.75) is 44.1 Å². The summed E-state index contributed by atoms with van der Waals surface area (Å²) in [6.45, 7) is 6.59. The van der Waals surface area contributed by atoms with Gasteiger partial charge in [-0.25, -0.2) is 0 Å². The molecule has 2 aliphatic heterocycles. The molecule has 0 spiro atoms. The van der Waals surface area contributed by atoms with E-state index in [1.807, 2.05) is 13.8 Å². The second-order valence-corrected chi connectivity index (χ2v) is 11.3. The van der Waals surface area contributed by atoms with E-state index in [1.54, 1.807) is 17.0 Å². The maximum atomic E-state index is 12.6. The highest BCUT2D eigenvalue weighted by molar-refractivity contribution is 5.92. The van der Waals surface area contributed by atoms with Gasteiger partial charge in [-0.3, -0.25) is 24.7 Å². The molecule has 3 aromatic rings. The van der Waals surface area contributed by atoms with Gasteiger partial charge in [0.15, 0.2) is 0 Å². The average molecular weight is 580 g/mol. The molecule has 2 unspecified atom stereocenters. The number of nitro groups is 1. The van der Waals surface area contributed by atoms with E-state index in [9.17, 15) is 19.7 Å². The van der Waals surface area contributed by atoms with Crippen LogP contribution in [0.15, 0.2) is 101 Å². The van der Waals surface area contributed by atoms with E-state index in [0.29, 0.717) is 36.6 Å². The number of nitrogens with zero attached hydrogens (tertiary/aromatic N) is 4. The van der Waals surface area contributed by atoms with E-state index in [0.717, 1.165) is 37.9 Å². The molecule has 43 heavy (non-hydrogen) atoms. The molecule has 0 bridgehead atoms. The fraction of sp³-hybridized carbons (Fsp3) is 0.324. The molecule has 0 aliphatic carbocycles. The number of nitro benzene ring substituents is 1. The van der Waals surface area contributed by atoms with Crippen molar-refractivity contribution < 1.29 is 14.5 Å². The lowest BCUT2D eigenvalue weighted by Crippen LogP contribution is -2.48. The molecule has 3 aromatic carbocycles. The highest BCUT2D eigenvalue weighted by Crippen LogP contribution is 2.42. The van der Waals surface area contributed by atoms with Gasteiger partial charge >= 0.3 is 0 Å². The molecule has 1 saturated heterocycles. The maximum Gasteiger partial charge on any atom is 0.269 e. The lowest BCUT2D eigenvalue weighted by atomic mass is 9.68. The fourth-order valence-electron chi connectivity index (χ4n) is 6.74. The van der Waals surface area contributed by atoms with Crippen LogP contribution in [0.5, 0.6) is 0 Å². The first-order valence-corrected chi connectivity index (χ1v) is 14.6. The van der Waals surface area contributed by atoms with E-state index in [4.69, 9.17) is 0 Å². The van der Waals surface area contributed by atoms with Crippen LogP contribution in [0.2, 0.25) is 0 Å². The number of hydrogen-bond donors (Lipinski definition) is 1. The first kappa shape index (κ1) is 29.8. The van der Waals surface area contributed by atoms with Crippen molar-refractivity contribution in [2.75, 3.05) is 26.2 Å². The van der Waals surface area contributed by atoms with Crippen LogP contribution in [0.4, 0.5) is 5.69 Å². The van der Waals surface area contributed by atoms with Crippen LogP contribution in [0, 0.1) is 10.1 Å². The van der Waals surface area contributed by atoms with Crippen LogP contribution in [0.1, 0.15) is 49.3 Å². The Balaban J connectivity index is 1.36. The predicted octanol–water partition coefficient (Wildman–Crippen LogP) is 5.04. The van der Waals surface area contributed by atoms with Crippen molar-refractivity contribution >= 4 is 24.2 Å². The average Bonchev–Trinajstić information content (AvgIpc) is 3.04.